The van der Waals surface area contributed by atoms with Crippen molar-refractivity contribution in [1.29, 1.82) is 5.26 Å². The second-order valence-electron chi connectivity index (χ2n) is 4.09. The van der Waals surface area contributed by atoms with Crippen molar-refractivity contribution in [3.8, 4) is 11.9 Å². The zero-order chi connectivity index (χ0) is 12.1. The normalized spacial score (nSPS) is 15.7. The number of aromatic nitrogens is 1. The maximum Gasteiger partial charge on any atom is 0.238 e. The van der Waals surface area contributed by atoms with E-state index in [1.807, 2.05) is 6.07 Å². The lowest BCUT2D eigenvalue weighted by Gasteiger charge is -2.15. The van der Waals surface area contributed by atoms with Gasteiger partial charge in [0, 0.05) is 12.7 Å². The highest BCUT2D eigenvalue weighted by atomic mass is 16.5. The Morgan fingerprint density at radius 1 is 1.47 bits per heavy atom. The number of hydrogen-bond acceptors (Lipinski definition) is 5. The van der Waals surface area contributed by atoms with Crippen LogP contribution in [0.4, 0.5) is 5.69 Å². The number of likely N-dealkylation sites (tertiary alicyclic amines) is 1. The lowest BCUT2D eigenvalue weighted by molar-refractivity contribution is 0.233. The number of hydrogen-bond donors (Lipinski definition) is 1. The molecule has 0 amide bonds. The molecule has 5 heteroatoms. The summed E-state index contributed by atoms with van der Waals surface area (Å²) in [6.45, 7) is 3.74. The van der Waals surface area contributed by atoms with Gasteiger partial charge in [0.2, 0.25) is 5.88 Å². The van der Waals surface area contributed by atoms with E-state index in [1.165, 1.54) is 12.8 Å². The summed E-state index contributed by atoms with van der Waals surface area (Å²) in [5, 5.41) is 8.82. The number of rotatable bonds is 4. The molecular weight excluding hydrogens is 216 g/mol. The molecule has 0 aliphatic carbocycles. The van der Waals surface area contributed by atoms with Crippen LogP contribution in [0.2, 0.25) is 0 Å². The fourth-order valence-electron chi connectivity index (χ4n) is 1.94. The van der Waals surface area contributed by atoms with E-state index >= 15 is 0 Å². The highest BCUT2D eigenvalue weighted by molar-refractivity contribution is 5.59. The van der Waals surface area contributed by atoms with E-state index in [9.17, 15) is 0 Å². The molecule has 1 saturated heterocycles. The molecule has 2 rings (SSSR count). The lowest BCUT2D eigenvalue weighted by atomic mass is 10.2. The average molecular weight is 232 g/mol. The topological polar surface area (TPSA) is 75.2 Å². The van der Waals surface area contributed by atoms with Gasteiger partial charge in [-0.1, -0.05) is 0 Å². The lowest BCUT2D eigenvalue weighted by Crippen LogP contribution is -2.25. The monoisotopic (exact) mass is 232 g/mol. The first-order valence-corrected chi connectivity index (χ1v) is 5.81. The van der Waals surface area contributed by atoms with Crippen molar-refractivity contribution in [2.75, 3.05) is 32.0 Å². The molecule has 2 N–H and O–H groups in total. The van der Waals surface area contributed by atoms with E-state index in [1.54, 1.807) is 12.3 Å². The quantitative estimate of drug-likeness (QED) is 0.838. The van der Waals surface area contributed by atoms with Crippen LogP contribution < -0.4 is 10.5 Å². The first-order valence-electron chi connectivity index (χ1n) is 5.81. The number of anilines is 1. The molecule has 2 heterocycles. The standard InChI is InChI=1S/C12H16N4O/c13-9-10-3-4-15-12(11(10)14)17-8-7-16-5-1-2-6-16/h3-4H,1-2,5-8,14H2. The van der Waals surface area contributed by atoms with Gasteiger partial charge in [-0.05, 0) is 32.0 Å². The first-order chi connectivity index (χ1) is 8.31. The molecule has 1 aromatic rings. The number of nitriles is 1. The minimum atomic E-state index is 0.330. The van der Waals surface area contributed by atoms with Gasteiger partial charge < -0.3 is 10.5 Å². The third-order valence-electron chi connectivity index (χ3n) is 2.92. The maximum atomic E-state index is 8.82. The molecule has 0 atom stereocenters. The van der Waals surface area contributed by atoms with Crippen LogP contribution in [0.5, 0.6) is 5.88 Å². The average Bonchev–Trinajstić information content (AvgIpc) is 2.84. The third kappa shape index (κ3) is 2.86. The fraction of sp³-hybridized carbons (Fsp3) is 0.500. The van der Waals surface area contributed by atoms with Crippen molar-refractivity contribution in [2.45, 2.75) is 12.8 Å². The predicted molar refractivity (Wildman–Crippen MR) is 64.5 cm³/mol. The summed E-state index contributed by atoms with van der Waals surface area (Å²) in [5.41, 5.74) is 6.51. The van der Waals surface area contributed by atoms with Crippen molar-refractivity contribution in [3.63, 3.8) is 0 Å². The summed E-state index contributed by atoms with van der Waals surface area (Å²) in [5.74, 6) is 0.364. The summed E-state index contributed by atoms with van der Waals surface area (Å²) >= 11 is 0. The molecule has 1 aliphatic heterocycles. The maximum absolute atomic E-state index is 8.82. The number of nitrogens with zero attached hydrogens (tertiary/aromatic N) is 3. The van der Waals surface area contributed by atoms with Crippen LogP contribution in [-0.4, -0.2) is 36.1 Å². The van der Waals surface area contributed by atoms with Gasteiger partial charge in [-0.3, -0.25) is 4.90 Å². The van der Waals surface area contributed by atoms with Gasteiger partial charge in [-0.15, -0.1) is 0 Å². The third-order valence-corrected chi connectivity index (χ3v) is 2.92. The van der Waals surface area contributed by atoms with E-state index < -0.39 is 0 Å². The van der Waals surface area contributed by atoms with E-state index in [0.717, 1.165) is 19.6 Å². The van der Waals surface area contributed by atoms with Crippen molar-refractivity contribution >= 4 is 5.69 Å². The molecule has 1 aliphatic rings. The summed E-state index contributed by atoms with van der Waals surface area (Å²) in [4.78, 5) is 6.39. The van der Waals surface area contributed by atoms with E-state index in [-0.39, 0.29) is 0 Å². The van der Waals surface area contributed by atoms with Crippen LogP contribution >= 0.6 is 0 Å². The van der Waals surface area contributed by atoms with Crippen LogP contribution in [0.3, 0.4) is 0 Å². The van der Waals surface area contributed by atoms with Crippen molar-refractivity contribution in [2.24, 2.45) is 0 Å². The Kier molecular flexibility index (Phi) is 3.78. The molecule has 0 bridgehead atoms. The number of pyridine rings is 1. The van der Waals surface area contributed by atoms with E-state index in [0.29, 0.717) is 23.7 Å². The molecule has 1 aromatic heterocycles. The second-order valence-corrected chi connectivity index (χ2v) is 4.09. The van der Waals surface area contributed by atoms with Gasteiger partial charge in [-0.2, -0.15) is 5.26 Å². The molecule has 0 unspecified atom stereocenters. The number of ether oxygens (including phenoxy) is 1. The Bertz CT molecular complexity index is 421. The van der Waals surface area contributed by atoms with Crippen molar-refractivity contribution in [1.82, 2.24) is 9.88 Å². The van der Waals surface area contributed by atoms with Crippen LogP contribution in [0.15, 0.2) is 12.3 Å². The summed E-state index contributed by atoms with van der Waals surface area (Å²) in [6.07, 6.45) is 4.08. The smallest absolute Gasteiger partial charge is 0.238 e. The SMILES string of the molecule is N#Cc1ccnc(OCCN2CCCC2)c1N. The van der Waals surface area contributed by atoms with Crippen LogP contribution in [0, 0.1) is 11.3 Å². The summed E-state index contributed by atoms with van der Waals surface area (Å²) < 4.78 is 5.51. The molecule has 17 heavy (non-hydrogen) atoms. The van der Waals surface area contributed by atoms with Crippen LogP contribution in [0.25, 0.3) is 0 Å². The number of nitrogen functional groups attached to an aromatic ring is 1. The van der Waals surface area contributed by atoms with Gasteiger partial charge in [-0.25, -0.2) is 4.98 Å². The highest BCUT2D eigenvalue weighted by Gasteiger charge is 2.12. The summed E-state index contributed by atoms with van der Waals surface area (Å²) in [7, 11) is 0. The van der Waals surface area contributed by atoms with Crippen molar-refractivity contribution < 1.29 is 4.74 Å². The van der Waals surface area contributed by atoms with Gasteiger partial charge in [0.05, 0.1) is 5.56 Å². The van der Waals surface area contributed by atoms with Gasteiger partial charge >= 0.3 is 0 Å². The van der Waals surface area contributed by atoms with Gasteiger partial charge in [0.15, 0.2) is 0 Å². The molecule has 0 saturated carbocycles. The fourth-order valence-corrected chi connectivity index (χ4v) is 1.94. The molecule has 0 aromatic carbocycles. The van der Waals surface area contributed by atoms with E-state index in [4.69, 9.17) is 15.7 Å². The minimum Gasteiger partial charge on any atom is -0.475 e. The zero-order valence-electron chi connectivity index (χ0n) is 9.72. The highest BCUT2D eigenvalue weighted by Crippen LogP contribution is 2.21. The molecular formula is C12H16N4O. The molecule has 1 fully saturated rings. The number of nitrogens with two attached hydrogens (primary N) is 1. The molecule has 0 spiro atoms. The van der Waals surface area contributed by atoms with E-state index in [2.05, 4.69) is 9.88 Å². The van der Waals surface area contributed by atoms with Crippen molar-refractivity contribution in [3.05, 3.63) is 17.8 Å². The van der Waals surface area contributed by atoms with Gasteiger partial charge in [0.25, 0.3) is 0 Å². The first kappa shape index (κ1) is 11.7. The minimum absolute atomic E-state index is 0.330. The zero-order valence-corrected chi connectivity index (χ0v) is 9.72. The Labute approximate surface area is 101 Å². The molecule has 0 radical (unpaired) electrons. The second kappa shape index (κ2) is 5.51. The Morgan fingerprint density at radius 3 is 2.94 bits per heavy atom. The van der Waals surface area contributed by atoms with Gasteiger partial charge in [0.1, 0.15) is 18.4 Å². The molecule has 90 valence electrons. The Hall–Kier alpha value is -1.80. The predicted octanol–water partition coefficient (Wildman–Crippen LogP) is 1.01. The molecule has 5 nitrogen and oxygen atoms in total. The summed E-state index contributed by atoms with van der Waals surface area (Å²) in [6, 6.07) is 3.60. The van der Waals surface area contributed by atoms with Crippen LogP contribution in [-0.2, 0) is 0 Å². The largest absolute Gasteiger partial charge is 0.475 e. The van der Waals surface area contributed by atoms with Crippen LogP contribution in [0.1, 0.15) is 18.4 Å². The Morgan fingerprint density at radius 2 is 2.24 bits per heavy atom. The Balaban J connectivity index is 1.88.